The first-order valence-electron chi connectivity index (χ1n) is 6.38. The van der Waals surface area contributed by atoms with Crippen LogP contribution in [0.25, 0.3) is 0 Å². The van der Waals surface area contributed by atoms with Crippen LogP contribution in [0.3, 0.4) is 0 Å². The number of benzene rings is 1. The SMILES string of the molecule is CC(C)CNC(=O)CN(C)c1ccc(C(N)=S)cc1Br. The van der Waals surface area contributed by atoms with Crippen LogP contribution in [-0.4, -0.2) is 31.0 Å². The maximum absolute atomic E-state index is 11.8. The number of hydrogen-bond donors (Lipinski definition) is 2. The molecule has 0 aliphatic rings. The van der Waals surface area contributed by atoms with Crippen molar-refractivity contribution in [2.24, 2.45) is 11.7 Å². The molecular weight excluding hydrogens is 338 g/mol. The quantitative estimate of drug-likeness (QED) is 0.766. The molecule has 0 aromatic heterocycles. The number of nitrogens with two attached hydrogens (primary N) is 1. The Morgan fingerprint density at radius 1 is 1.50 bits per heavy atom. The molecule has 20 heavy (non-hydrogen) atoms. The summed E-state index contributed by atoms with van der Waals surface area (Å²) in [6.07, 6.45) is 0. The molecule has 0 aliphatic heterocycles. The molecule has 0 saturated heterocycles. The summed E-state index contributed by atoms with van der Waals surface area (Å²) in [5.41, 5.74) is 7.31. The Morgan fingerprint density at radius 3 is 2.65 bits per heavy atom. The van der Waals surface area contributed by atoms with E-state index in [9.17, 15) is 4.79 Å². The predicted molar refractivity (Wildman–Crippen MR) is 91.1 cm³/mol. The van der Waals surface area contributed by atoms with E-state index in [2.05, 4.69) is 35.1 Å². The molecule has 0 bridgehead atoms. The fourth-order valence-electron chi connectivity index (χ4n) is 1.64. The number of likely N-dealkylation sites (N-methyl/N-ethyl adjacent to an activating group) is 1. The highest BCUT2D eigenvalue weighted by Crippen LogP contribution is 2.26. The number of rotatable bonds is 6. The summed E-state index contributed by atoms with van der Waals surface area (Å²) >= 11 is 8.42. The van der Waals surface area contributed by atoms with E-state index in [-0.39, 0.29) is 5.91 Å². The molecule has 0 saturated carbocycles. The minimum atomic E-state index is 0.00604. The van der Waals surface area contributed by atoms with Gasteiger partial charge in [-0.25, -0.2) is 0 Å². The van der Waals surface area contributed by atoms with Gasteiger partial charge in [0.2, 0.25) is 5.91 Å². The van der Waals surface area contributed by atoms with Crippen molar-refractivity contribution in [1.29, 1.82) is 0 Å². The molecule has 1 rings (SSSR count). The van der Waals surface area contributed by atoms with Crippen molar-refractivity contribution in [3.8, 4) is 0 Å². The van der Waals surface area contributed by atoms with Gasteiger partial charge in [-0.05, 0) is 40.0 Å². The van der Waals surface area contributed by atoms with E-state index in [0.29, 0.717) is 24.0 Å². The van der Waals surface area contributed by atoms with Crippen molar-refractivity contribution in [2.75, 3.05) is 25.0 Å². The molecule has 6 heteroatoms. The first-order valence-corrected chi connectivity index (χ1v) is 7.58. The molecule has 0 unspecified atom stereocenters. The van der Waals surface area contributed by atoms with Crippen LogP contribution in [0.1, 0.15) is 19.4 Å². The summed E-state index contributed by atoms with van der Waals surface area (Å²) in [6.45, 7) is 5.12. The molecule has 3 N–H and O–H groups in total. The van der Waals surface area contributed by atoms with E-state index in [0.717, 1.165) is 15.7 Å². The number of carbonyl (C=O) groups excluding carboxylic acids is 1. The predicted octanol–water partition coefficient (Wildman–Crippen LogP) is 2.29. The lowest BCUT2D eigenvalue weighted by atomic mass is 10.2. The van der Waals surface area contributed by atoms with Crippen LogP contribution >= 0.6 is 28.1 Å². The van der Waals surface area contributed by atoms with Crippen LogP contribution in [0, 0.1) is 5.92 Å². The lowest BCUT2D eigenvalue weighted by molar-refractivity contribution is -0.119. The van der Waals surface area contributed by atoms with E-state index in [1.165, 1.54) is 0 Å². The number of amides is 1. The van der Waals surface area contributed by atoms with Gasteiger partial charge in [-0.2, -0.15) is 0 Å². The van der Waals surface area contributed by atoms with Gasteiger partial charge in [0.05, 0.1) is 12.2 Å². The third-order valence-electron chi connectivity index (χ3n) is 2.73. The van der Waals surface area contributed by atoms with Crippen molar-refractivity contribution in [1.82, 2.24) is 5.32 Å². The van der Waals surface area contributed by atoms with Crippen molar-refractivity contribution in [2.45, 2.75) is 13.8 Å². The number of nitrogens with one attached hydrogen (secondary N) is 1. The normalized spacial score (nSPS) is 10.4. The van der Waals surface area contributed by atoms with E-state index in [4.69, 9.17) is 18.0 Å². The van der Waals surface area contributed by atoms with Gasteiger partial charge in [0.25, 0.3) is 0 Å². The fraction of sp³-hybridized carbons (Fsp3) is 0.429. The number of nitrogens with zero attached hydrogens (tertiary/aromatic N) is 1. The van der Waals surface area contributed by atoms with Crippen LogP contribution in [0.15, 0.2) is 22.7 Å². The lowest BCUT2D eigenvalue weighted by Crippen LogP contribution is -2.37. The fourth-order valence-corrected chi connectivity index (χ4v) is 2.45. The number of anilines is 1. The van der Waals surface area contributed by atoms with Gasteiger partial charge < -0.3 is 16.0 Å². The zero-order chi connectivity index (χ0) is 15.3. The summed E-state index contributed by atoms with van der Waals surface area (Å²) in [7, 11) is 1.87. The largest absolute Gasteiger partial charge is 0.389 e. The van der Waals surface area contributed by atoms with E-state index < -0.39 is 0 Å². The van der Waals surface area contributed by atoms with E-state index >= 15 is 0 Å². The summed E-state index contributed by atoms with van der Waals surface area (Å²) in [4.78, 5) is 14.0. The Kier molecular flexibility index (Phi) is 6.42. The first-order chi connectivity index (χ1) is 9.31. The molecule has 4 nitrogen and oxygen atoms in total. The summed E-state index contributed by atoms with van der Waals surface area (Å²) in [5, 5.41) is 2.90. The van der Waals surface area contributed by atoms with Gasteiger partial charge >= 0.3 is 0 Å². The Hall–Kier alpha value is -1.14. The third kappa shape index (κ3) is 5.09. The summed E-state index contributed by atoms with van der Waals surface area (Å²) < 4.78 is 0.863. The molecule has 1 aromatic carbocycles. The van der Waals surface area contributed by atoms with Crippen LogP contribution in [0.5, 0.6) is 0 Å². The van der Waals surface area contributed by atoms with Gasteiger partial charge in [0, 0.05) is 23.6 Å². The highest BCUT2D eigenvalue weighted by atomic mass is 79.9. The second-order valence-corrected chi connectivity index (χ2v) is 6.38. The maximum atomic E-state index is 11.8. The van der Waals surface area contributed by atoms with Gasteiger partial charge in [-0.15, -0.1) is 0 Å². The number of carbonyl (C=O) groups is 1. The molecule has 0 radical (unpaired) electrons. The average Bonchev–Trinajstić information content (AvgIpc) is 2.35. The molecular formula is C14H20BrN3OS. The zero-order valence-corrected chi connectivity index (χ0v) is 14.3. The molecule has 0 atom stereocenters. The smallest absolute Gasteiger partial charge is 0.239 e. The standard InChI is InChI=1S/C14H20BrN3OS/c1-9(2)7-17-13(19)8-18(3)12-5-4-10(14(16)20)6-11(12)15/h4-6,9H,7-8H2,1-3H3,(H2,16,20)(H,17,19). The number of thiocarbonyl (C=S) groups is 1. The Morgan fingerprint density at radius 2 is 2.15 bits per heavy atom. The number of halogens is 1. The lowest BCUT2D eigenvalue weighted by Gasteiger charge is -2.21. The minimum Gasteiger partial charge on any atom is -0.389 e. The van der Waals surface area contributed by atoms with E-state index in [1.807, 2.05) is 30.1 Å². The number of hydrogen-bond acceptors (Lipinski definition) is 3. The Bertz CT molecular complexity index is 505. The van der Waals surface area contributed by atoms with Crippen LogP contribution < -0.4 is 16.0 Å². The minimum absolute atomic E-state index is 0.00604. The van der Waals surface area contributed by atoms with Gasteiger partial charge in [0.15, 0.2) is 0 Å². The average molecular weight is 358 g/mol. The molecule has 110 valence electrons. The summed E-state index contributed by atoms with van der Waals surface area (Å²) in [6, 6.07) is 5.61. The van der Waals surface area contributed by atoms with Crippen molar-refractivity contribution < 1.29 is 4.79 Å². The Labute approximate surface area is 133 Å². The van der Waals surface area contributed by atoms with Gasteiger partial charge in [-0.3, -0.25) is 4.79 Å². The third-order valence-corrected chi connectivity index (χ3v) is 3.60. The molecule has 0 spiro atoms. The van der Waals surface area contributed by atoms with Crippen LogP contribution in [0.4, 0.5) is 5.69 Å². The van der Waals surface area contributed by atoms with Crippen molar-refractivity contribution in [3.05, 3.63) is 28.2 Å². The van der Waals surface area contributed by atoms with Gasteiger partial charge in [-0.1, -0.05) is 26.1 Å². The monoisotopic (exact) mass is 357 g/mol. The highest BCUT2D eigenvalue weighted by molar-refractivity contribution is 9.10. The van der Waals surface area contributed by atoms with Gasteiger partial charge in [0.1, 0.15) is 4.99 Å². The molecule has 0 fully saturated rings. The van der Waals surface area contributed by atoms with E-state index in [1.54, 1.807) is 0 Å². The first kappa shape index (κ1) is 16.9. The van der Waals surface area contributed by atoms with Crippen molar-refractivity contribution in [3.63, 3.8) is 0 Å². The zero-order valence-electron chi connectivity index (χ0n) is 11.9. The maximum Gasteiger partial charge on any atom is 0.239 e. The molecule has 0 heterocycles. The molecule has 1 aromatic rings. The van der Waals surface area contributed by atoms with Crippen molar-refractivity contribution >= 4 is 44.7 Å². The van der Waals surface area contributed by atoms with Crippen LogP contribution in [0.2, 0.25) is 0 Å². The molecule has 0 aliphatic carbocycles. The summed E-state index contributed by atoms with van der Waals surface area (Å²) in [5.74, 6) is 0.451. The second kappa shape index (κ2) is 7.59. The Balaban J connectivity index is 2.70. The van der Waals surface area contributed by atoms with Crippen LogP contribution in [-0.2, 0) is 4.79 Å². The topological polar surface area (TPSA) is 58.4 Å². The molecule has 1 amide bonds. The highest BCUT2D eigenvalue weighted by Gasteiger charge is 2.11. The second-order valence-electron chi connectivity index (χ2n) is 5.08.